The van der Waals surface area contributed by atoms with Gasteiger partial charge in [-0.25, -0.2) is 0 Å². The van der Waals surface area contributed by atoms with Gasteiger partial charge in [-0.3, -0.25) is 9.59 Å². The van der Waals surface area contributed by atoms with Gasteiger partial charge in [-0.1, -0.05) is 31.6 Å². The Morgan fingerprint density at radius 1 is 1.69 bits per heavy atom. The molecule has 16 heavy (non-hydrogen) atoms. The Hall–Kier alpha value is -1.14. The molecule has 4 N–H and O–H groups in total. The molecule has 1 rings (SSSR count). The summed E-state index contributed by atoms with van der Waals surface area (Å²) in [6, 6.07) is -0.490. The zero-order chi connectivity index (χ0) is 12.1. The fraction of sp³-hybridized carbons (Fsp3) is 0.600. The largest absolute Gasteiger partial charge is 0.349 e. The van der Waals surface area contributed by atoms with Gasteiger partial charge < -0.3 is 16.0 Å². The molecule has 1 aromatic heterocycles. The summed E-state index contributed by atoms with van der Waals surface area (Å²) in [6.07, 6.45) is 0.865. The van der Waals surface area contributed by atoms with Gasteiger partial charge in [-0.05, 0) is 5.92 Å². The second kappa shape index (κ2) is 5.81. The second-order valence-corrected chi connectivity index (χ2v) is 4.64. The van der Waals surface area contributed by atoms with Crippen molar-refractivity contribution >= 4 is 17.2 Å². The minimum atomic E-state index is -0.490. The first-order valence-corrected chi connectivity index (χ1v) is 6.12. The minimum absolute atomic E-state index is 0.115. The number of rotatable bonds is 5. The van der Waals surface area contributed by atoms with Gasteiger partial charge in [0.05, 0.1) is 12.6 Å². The second-order valence-electron chi connectivity index (χ2n) is 3.80. The molecular weight excluding hydrogens is 226 g/mol. The molecule has 6 heteroatoms. The number of hydrogen-bond donors (Lipinski definition) is 3. The van der Waals surface area contributed by atoms with E-state index in [9.17, 15) is 9.59 Å². The van der Waals surface area contributed by atoms with E-state index in [1.165, 1.54) is 0 Å². The SMILES string of the molecule is CCC(C)C(N)C(=O)NCc1csc(=O)[nH]1. The lowest BCUT2D eigenvalue weighted by Crippen LogP contribution is -2.44. The van der Waals surface area contributed by atoms with Gasteiger partial charge in [-0.2, -0.15) is 0 Å². The fourth-order valence-electron chi connectivity index (χ4n) is 1.21. The van der Waals surface area contributed by atoms with Crippen molar-refractivity contribution in [3.63, 3.8) is 0 Å². The summed E-state index contributed by atoms with van der Waals surface area (Å²) in [6.45, 7) is 4.26. The number of carbonyl (C=O) groups excluding carboxylic acids is 1. The summed E-state index contributed by atoms with van der Waals surface area (Å²) in [5.74, 6) is -0.0251. The van der Waals surface area contributed by atoms with Crippen molar-refractivity contribution in [1.29, 1.82) is 0 Å². The molecule has 0 fully saturated rings. The quantitative estimate of drug-likeness (QED) is 0.700. The van der Waals surface area contributed by atoms with Crippen LogP contribution in [0.3, 0.4) is 0 Å². The van der Waals surface area contributed by atoms with Gasteiger partial charge in [-0.15, -0.1) is 0 Å². The first-order chi connectivity index (χ1) is 7.54. The highest BCUT2D eigenvalue weighted by Crippen LogP contribution is 2.05. The van der Waals surface area contributed by atoms with Crippen LogP contribution in [0.15, 0.2) is 10.2 Å². The molecule has 0 saturated heterocycles. The van der Waals surface area contributed by atoms with Crippen LogP contribution in [0.1, 0.15) is 26.0 Å². The summed E-state index contributed by atoms with van der Waals surface area (Å²) in [7, 11) is 0. The number of thiazole rings is 1. The molecule has 2 unspecified atom stereocenters. The fourth-order valence-corrected chi connectivity index (χ4v) is 1.79. The Morgan fingerprint density at radius 3 is 2.88 bits per heavy atom. The van der Waals surface area contributed by atoms with Gasteiger partial charge in [0.1, 0.15) is 0 Å². The maximum Gasteiger partial charge on any atom is 0.304 e. The van der Waals surface area contributed by atoms with Crippen molar-refractivity contribution in [1.82, 2.24) is 10.3 Å². The lowest BCUT2D eigenvalue weighted by molar-refractivity contribution is -0.123. The average Bonchev–Trinajstić information content (AvgIpc) is 2.69. The minimum Gasteiger partial charge on any atom is -0.349 e. The smallest absolute Gasteiger partial charge is 0.304 e. The molecule has 0 aliphatic rings. The van der Waals surface area contributed by atoms with E-state index in [-0.39, 0.29) is 16.7 Å². The van der Waals surface area contributed by atoms with Crippen molar-refractivity contribution in [3.05, 3.63) is 20.7 Å². The van der Waals surface area contributed by atoms with Crippen LogP contribution in [0.5, 0.6) is 0 Å². The molecule has 1 amide bonds. The standard InChI is InChI=1S/C10H17N3O2S/c1-3-6(2)8(11)9(14)12-4-7-5-16-10(15)13-7/h5-6,8H,3-4,11H2,1-2H3,(H,12,14)(H,13,15). The number of hydrogen-bond acceptors (Lipinski definition) is 4. The third kappa shape index (κ3) is 3.46. The highest BCUT2D eigenvalue weighted by atomic mass is 32.1. The summed E-state index contributed by atoms with van der Waals surface area (Å²) >= 11 is 1.08. The molecule has 0 aromatic carbocycles. The predicted octanol–water partition coefficient (Wildman–Crippen LogP) is 0.426. The highest BCUT2D eigenvalue weighted by molar-refractivity contribution is 7.07. The van der Waals surface area contributed by atoms with Crippen molar-refractivity contribution in [3.8, 4) is 0 Å². The molecule has 5 nitrogen and oxygen atoms in total. The molecule has 0 radical (unpaired) electrons. The van der Waals surface area contributed by atoms with Crippen LogP contribution in [0.4, 0.5) is 0 Å². The van der Waals surface area contributed by atoms with Crippen LogP contribution in [0, 0.1) is 5.92 Å². The van der Waals surface area contributed by atoms with Crippen molar-refractivity contribution in [2.24, 2.45) is 11.7 Å². The average molecular weight is 243 g/mol. The number of nitrogens with two attached hydrogens (primary N) is 1. The molecule has 2 atom stereocenters. The zero-order valence-corrected chi connectivity index (χ0v) is 10.3. The first kappa shape index (κ1) is 12.9. The number of H-pyrrole nitrogens is 1. The molecule has 90 valence electrons. The monoisotopic (exact) mass is 243 g/mol. The number of carbonyl (C=O) groups is 1. The molecule has 0 spiro atoms. The van der Waals surface area contributed by atoms with Crippen molar-refractivity contribution in [2.45, 2.75) is 32.9 Å². The van der Waals surface area contributed by atoms with Crippen LogP contribution >= 0.6 is 11.3 Å². The van der Waals surface area contributed by atoms with Crippen LogP contribution in [-0.2, 0) is 11.3 Å². The lowest BCUT2D eigenvalue weighted by Gasteiger charge is -2.17. The van der Waals surface area contributed by atoms with E-state index >= 15 is 0 Å². The highest BCUT2D eigenvalue weighted by Gasteiger charge is 2.18. The third-order valence-corrected chi connectivity index (χ3v) is 3.30. The Balaban J connectivity index is 2.43. The molecule has 0 bridgehead atoms. The third-order valence-electron chi connectivity index (χ3n) is 2.58. The van der Waals surface area contributed by atoms with E-state index < -0.39 is 6.04 Å². The predicted molar refractivity (Wildman–Crippen MR) is 64.2 cm³/mol. The number of aromatic amines is 1. The van der Waals surface area contributed by atoms with Gasteiger partial charge in [0.2, 0.25) is 5.91 Å². The van der Waals surface area contributed by atoms with E-state index in [1.54, 1.807) is 5.38 Å². The van der Waals surface area contributed by atoms with Crippen molar-refractivity contribution < 1.29 is 4.79 Å². The normalized spacial score (nSPS) is 14.4. The van der Waals surface area contributed by atoms with E-state index in [2.05, 4.69) is 10.3 Å². The summed E-state index contributed by atoms with van der Waals surface area (Å²) in [4.78, 5) is 25.0. The van der Waals surface area contributed by atoms with Crippen LogP contribution in [-0.4, -0.2) is 16.9 Å². The Kier molecular flexibility index (Phi) is 4.70. The zero-order valence-electron chi connectivity index (χ0n) is 9.45. The summed E-state index contributed by atoms with van der Waals surface area (Å²) in [5.41, 5.74) is 6.47. The Labute approximate surface area is 98.1 Å². The molecule has 0 aliphatic heterocycles. The molecule has 1 heterocycles. The number of aromatic nitrogens is 1. The molecule has 0 saturated carbocycles. The Bertz CT molecular complexity index is 399. The number of nitrogens with one attached hydrogen (secondary N) is 2. The van der Waals surface area contributed by atoms with Crippen LogP contribution < -0.4 is 15.9 Å². The molecular formula is C10H17N3O2S. The van der Waals surface area contributed by atoms with Gasteiger partial charge in [0, 0.05) is 11.1 Å². The topological polar surface area (TPSA) is 88.0 Å². The lowest BCUT2D eigenvalue weighted by atomic mass is 9.99. The van der Waals surface area contributed by atoms with Crippen LogP contribution in [0.25, 0.3) is 0 Å². The summed E-state index contributed by atoms with van der Waals surface area (Å²) in [5, 5.41) is 4.39. The van der Waals surface area contributed by atoms with E-state index in [0.717, 1.165) is 17.8 Å². The van der Waals surface area contributed by atoms with E-state index in [1.807, 2.05) is 13.8 Å². The van der Waals surface area contributed by atoms with Crippen molar-refractivity contribution in [2.75, 3.05) is 0 Å². The van der Waals surface area contributed by atoms with E-state index in [0.29, 0.717) is 12.2 Å². The summed E-state index contributed by atoms with van der Waals surface area (Å²) < 4.78 is 0. The van der Waals surface area contributed by atoms with Gasteiger partial charge in [0.15, 0.2) is 0 Å². The van der Waals surface area contributed by atoms with E-state index in [4.69, 9.17) is 5.73 Å². The van der Waals surface area contributed by atoms with Gasteiger partial charge in [0.25, 0.3) is 0 Å². The molecule has 1 aromatic rings. The maximum atomic E-state index is 11.6. The first-order valence-electron chi connectivity index (χ1n) is 5.24. The Morgan fingerprint density at radius 2 is 2.38 bits per heavy atom. The van der Waals surface area contributed by atoms with Gasteiger partial charge >= 0.3 is 4.87 Å². The molecule has 0 aliphatic carbocycles. The number of amides is 1. The van der Waals surface area contributed by atoms with Crippen LogP contribution in [0.2, 0.25) is 0 Å². The maximum absolute atomic E-state index is 11.6.